The van der Waals surface area contributed by atoms with Gasteiger partial charge in [0, 0.05) is 20.4 Å². The third-order valence-electron chi connectivity index (χ3n) is 4.65. The van der Waals surface area contributed by atoms with E-state index < -0.39 is 59.0 Å². The molecule has 0 amide bonds. The molecule has 13 heteroatoms. The molecular weight excluding hydrogens is 471 g/mol. The van der Waals surface area contributed by atoms with Crippen LogP contribution in [0.25, 0.3) is 0 Å². The minimum absolute atomic E-state index is 0.0934. The van der Waals surface area contributed by atoms with Crippen LogP contribution in [0.4, 0.5) is 39.5 Å². The Morgan fingerprint density at radius 1 is 0.758 bits per heavy atom. The molecular formula is C20H15F9N2O2. The molecule has 0 aliphatic carbocycles. The van der Waals surface area contributed by atoms with E-state index in [4.69, 9.17) is 9.47 Å². The Kier molecular flexibility index (Phi) is 7.65. The Labute approximate surface area is 181 Å². The van der Waals surface area contributed by atoms with Crippen molar-refractivity contribution >= 4 is 0 Å². The first-order chi connectivity index (χ1) is 15.1. The van der Waals surface area contributed by atoms with Gasteiger partial charge >= 0.3 is 18.5 Å². The molecule has 180 valence electrons. The zero-order valence-electron chi connectivity index (χ0n) is 16.8. The molecule has 1 aromatic heterocycles. The van der Waals surface area contributed by atoms with E-state index in [1.54, 1.807) is 6.07 Å². The van der Waals surface area contributed by atoms with Crippen LogP contribution < -0.4 is 0 Å². The lowest BCUT2D eigenvalue weighted by molar-refractivity contribution is -0.143. The number of methoxy groups -OCH3 is 2. The number of ether oxygens (including phenoxy) is 2. The number of nitriles is 1. The van der Waals surface area contributed by atoms with E-state index >= 15 is 0 Å². The average molecular weight is 486 g/mol. The lowest BCUT2D eigenvalue weighted by atomic mass is 9.86. The number of halogens is 9. The summed E-state index contributed by atoms with van der Waals surface area (Å²) in [5.74, 6) is -1.63. The second-order valence-electron chi connectivity index (χ2n) is 6.78. The molecule has 4 nitrogen and oxygen atoms in total. The minimum Gasteiger partial charge on any atom is -0.375 e. The summed E-state index contributed by atoms with van der Waals surface area (Å²) in [4.78, 5) is 3.17. The van der Waals surface area contributed by atoms with Gasteiger partial charge in [0.2, 0.25) is 0 Å². The van der Waals surface area contributed by atoms with Crippen LogP contribution in [0.5, 0.6) is 0 Å². The van der Waals surface area contributed by atoms with Crippen molar-refractivity contribution in [2.75, 3.05) is 14.2 Å². The molecule has 0 N–H and O–H groups in total. The Hall–Kier alpha value is -2.85. The van der Waals surface area contributed by atoms with Crippen molar-refractivity contribution in [2.45, 2.75) is 30.7 Å². The average Bonchev–Trinajstić information content (AvgIpc) is 2.71. The molecule has 0 saturated carbocycles. The third-order valence-corrected chi connectivity index (χ3v) is 4.65. The first kappa shape index (κ1) is 26.4. The molecule has 0 spiro atoms. The molecule has 0 aliphatic heterocycles. The number of pyridine rings is 1. The van der Waals surface area contributed by atoms with Crippen molar-refractivity contribution < 1.29 is 49.0 Å². The van der Waals surface area contributed by atoms with Gasteiger partial charge in [0.25, 0.3) is 0 Å². The van der Waals surface area contributed by atoms with Crippen LogP contribution in [-0.4, -0.2) is 19.2 Å². The second-order valence-corrected chi connectivity index (χ2v) is 6.78. The van der Waals surface area contributed by atoms with E-state index in [1.165, 1.54) is 0 Å². The van der Waals surface area contributed by atoms with Gasteiger partial charge in [0.1, 0.15) is 23.8 Å². The van der Waals surface area contributed by atoms with Crippen molar-refractivity contribution in [1.29, 1.82) is 5.26 Å². The van der Waals surface area contributed by atoms with Gasteiger partial charge in [-0.05, 0) is 41.5 Å². The fourth-order valence-corrected chi connectivity index (χ4v) is 3.20. The van der Waals surface area contributed by atoms with Gasteiger partial charge in [-0.3, -0.25) is 4.98 Å². The predicted octanol–water partition coefficient (Wildman–Crippen LogP) is 6.35. The van der Waals surface area contributed by atoms with Crippen molar-refractivity contribution in [1.82, 2.24) is 4.98 Å². The summed E-state index contributed by atoms with van der Waals surface area (Å²) in [7, 11) is 1.95. The molecule has 0 saturated heterocycles. The van der Waals surface area contributed by atoms with E-state index in [2.05, 4.69) is 4.98 Å². The van der Waals surface area contributed by atoms with Gasteiger partial charge in [0.05, 0.1) is 17.2 Å². The van der Waals surface area contributed by atoms with Crippen LogP contribution in [0.1, 0.15) is 40.2 Å². The van der Waals surface area contributed by atoms with E-state index in [1.807, 2.05) is 0 Å². The molecule has 2 aromatic rings. The Balaban J connectivity index is 2.63. The van der Waals surface area contributed by atoms with Crippen LogP contribution in [0.3, 0.4) is 0 Å². The first-order valence-corrected chi connectivity index (χ1v) is 8.91. The van der Waals surface area contributed by atoms with Crippen LogP contribution in [0.2, 0.25) is 0 Å². The lowest BCUT2D eigenvalue weighted by Gasteiger charge is -2.29. The molecule has 2 rings (SSSR count). The summed E-state index contributed by atoms with van der Waals surface area (Å²) in [6.07, 6.45) is -17.6. The van der Waals surface area contributed by atoms with Gasteiger partial charge in [-0.15, -0.1) is 0 Å². The monoisotopic (exact) mass is 486 g/mol. The van der Waals surface area contributed by atoms with Gasteiger partial charge in [0.15, 0.2) is 0 Å². The largest absolute Gasteiger partial charge is 0.433 e. The molecule has 1 heterocycles. The summed E-state index contributed by atoms with van der Waals surface area (Å²) in [5.41, 5.74) is -5.48. The fourth-order valence-electron chi connectivity index (χ4n) is 3.20. The predicted molar refractivity (Wildman–Crippen MR) is 94.3 cm³/mol. The number of aromatic nitrogens is 1. The topological polar surface area (TPSA) is 55.1 Å². The van der Waals surface area contributed by atoms with Gasteiger partial charge in [-0.2, -0.15) is 44.8 Å². The van der Waals surface area contributed by atoms with Gasteiger partial charge in [-0.1, -0.05) is 0 Å². The molecule has 0 bridgehead atoms. The second kappa shape index (κ2) is 9.56. The number of hydrogen-bond donors (Lipinski definition) is 0. The Morgan fingerprint density at radius 3 is 1.64 bits per heavy atom. The van der Waals surface area contributed by atoms with Gasteiger partial charge in [-0.25, -0.2) is 0 Å². The van der Waals surface area contributed by atoms with Crippen LogP contribution in [0.15, 0.2) is 36.5 Å². The fraction of sp³-hybridized carbons (Fsp3) is 0.400. The minimum atomic E-state index is -5.15. The van der Waals surface area contributed by atoms with Crippen molar-refractivity contribution in [3.63, 3.8) is 0 Å². The maximum atomic E-state index is 13.2. The molecule has 0 fully saturated rings. The number of nitrogens with zero attached hydrogens (tertiary/aromatic N) is 2. The number of hydrogen-bond acceptors (Lipinski definition) is 4. The lowest BCUT2D eigenvalue weighted by Crippen LogP contribution is -2.24. The summed E-state index contributed by atoms with van der Waals surface area (Å²) >= 11 is 0. The highest BCUT2D eigenvalue weighted by atomic mass is 19.4. The van der Waals surface area contributed by atoms with E-state index in [-0.39, 0.29) is 11.6 Å². The molecule has 1 aromatic carbocycles. The summed E-state index contributed by atoms with van der Waals surface area (Å²) in [6, 6.07) is 3.98. The third kappa shape index (κ3) is 6.14. The normalized spacial score (nSPS) is 15.6. The van der Waals surface area contributed by atoms with E-state index in [9.17, 15) is 44.8 Å². The summed E-state index contributed by atoms with van der Waals surface area (Å²) < 4.78 is 129. The summed E-state index contributed by atoms with van der Waals surface area (Å²) in [6.45, 7) is 0. The van der Waals surface area contributed by atoms with Crippen LogP contribution >= 0.6 is 0 Å². The number of rotatable bonds is 6. The van der Waals surface area contributed by atoms with Crippen molar-refractivity contribution in [2.24, 2.45) is 5.92 Å². The van der Waals surface area contributed by atoms with E-state index in [0.29, 0.717) is 18.2 Å². The number of alkyl halides is 9. The van der Waals surface area contributed by atoms with E-state index in [0.717, 1.165) is 26.5 Å². The molecule has 3 unspecified atom stereocenters. The standard InChI is InChI=1S/C20H15F9N2O2/c1-32-16(10-3-4-31-15(7-10)20(27,28)29)14(9-30)17(33-2)11-5-12(18(21,22)23)8-13(6-11)19(24,25)26/h3-8,14,16-17H,1-2H3. The van der Waals surface area contributed by atoms with Crippen molar-refractivity contribution in [3.8, 4) is 6.07 Å². The Morgan fingerprint density at radius 2 is 1.24 bits per heavy atom. The first-order valence-electron chi connectivity index (χ1n) is 8.91. The van der Waals surface area contributed by atoms with Crippen LogP contribution in [-0.2, 0) is 28.0 Å². The number of benzene rings is 1. The Bertz CT molecular complexity index is 978. The van der Waals surface area contributed by atoms with Crippen molar-refractivity contribution in [3.05, 3.63) is 64.5 Å². The quantitative estimate of drug-likeness (QED) is 0.447. The summed E-state index contributed by atoms with van der Waals surface area (Å²) in [5, 5.41) is 9.65. The highest BCUT2D eigenvalue weighted by Crippen LogP contribution is 2.42. The smallest absolute Gasteiger partial charge is 0.375 e. The maximum Gasteiger partial charge on any atom is 0.433 e. The molecule has 0 radical (unpaired) electrons. The molecule has 0 aliphatic rings. The highest BCUT2D eigenvalue weighted by Gasteiger charge is 2.40. The highest BCUT2D eigenvalue weighted by molar-refractivity contribution is 5.36. The zero-order valence-corrected chi connectivity index (χ0v) is 16.8. The van der Waals surface area contributed by atoms with Crippen LogP contribution in [0, 0.1) is 17.2 Å². The SMILES string of the molecule is COC(c1cc(C(F)(F)F)cc(C(F)(F)F)c1)C(C#N)C(OC)c1ccnc(C(F)(F)F)c1. The molecule has 33 heavy (non-hydrogen) atoms. The molecule has 3 atom stereocenters. The van der Waals surface area contributed by atoms with Gasteiger partial charge < -0.3 is 9.47 Å². The maximum absolute atomic E-state index is 13.2. The zero-order chi connectivity index (χ0) is 25.2.